The van der Waals surface area contributed by atoms with Crippen LogP contribution in [0.4, 0.5) is 5.69 Å². The minimum atomic E-state index is -0.101. The largest absolute Gasteiger partial charge is 0.494 e. The molecule has 0 spiro atoms. The smallest absolute Gasteiger partial charge is 0.267 e. The van der Waals surface area contributed by atoms with Crippen molar-refractivity contribution >= 4 is 22.5 Å². The number of nitrogens with zero attached hydrogens (tertiary/aromatic N) is 1. The molecule has 5 nitrogen and oxygen atoms in total. The van der Waals surface area contributed by atoms with Crippen LogP contribution in [-0.4, -0.2) is 37.6 Å². The highest BCUT2D eigenvalue weighted by atomic mass is 16.5. The van der Waals surface area contributed by atoms with Crippen LogP contribution in [0.15, 0.2) is 54.6 Å². The number of carbonyl (C=O) groups is 1. The fourth-order valence-electron chi connectivity index (χ4n) is 2.73. The number of benzene rings is 2. The number of hydrogen-bond acceptors (Lipinski definition) is 3. The van der Waals surface area contributed by atoms with Crippen LogP contribution in [0.25, 0.3) is 10.9 Å². The number of amides is 1. The van der Waals surface area contributed by atoms with Crippen molar-refractivity contribution in [3.63, 3.8) is 0 Å². The van der Waals surface area contributed by atoms with E-state index in [-0.39, 0.29) is 5.91 Å². The molecule has 3 aromatic rings. The molecule has 0 atom stereocenters. The first-order valence-electron chi connectivity index (χ1n) is 8.47. The van der Waals surface area contributed by atoms with Crippen LogP contribution >= 0.6 is 0 Å². The number of ether oxygens (including phenoxy) is 1. The maximum atomic E-state index is 12.4. The molecule has 0 radical (unpaired) electrons. The normalized spacial score (nSPS) is 10.6. The zero-order chi connectivity index (χ0) is 17.6. The standard InChI is InChI=1S/C20H23N3O2/c1-3-25-17-10-9-15-13-19(22-18(15)14-17)20(24)21-11-12-23(2)16-7-5-4-6-8-16/h4-10,13-14,22H,3,11-12H2,1-2H3,(H,21,24). The molecule has 1 aromatic heterocycles. The first-order valence-corrected chi connectivity index (χ1v) is 8.47. The van der Waals surface area contributed by atoms with Gasteiger partial charge in [0.15, 0.2) is 0 Å². The Hall–Kier alpha value is -2.95. The van der Waals surface area contributed by atoms with Gasteiger partial charge in [0.05, 0.1) is 6.61 Å². The summed E-state index contributed by atoms with van der Waals surface area (Å²) in [5, 5.41) is 3.95. The third-order valence-electron chi connectivity index (χ3n) is 4.08. The van der Waals surface area contributed by atoms with E-state index in [2.05, 4.69) is 27.3 Å². The Morgan fingerprint density at radius 3 is 2.72 bits per heavy atom. The molecule has 0 aliphatic rings. The van der Waals surface area contributed by atoms with Gasteiger partial charge >= 0.3 is 0 Å². The molecule has 0 aliphatic carbocycles. The Bertz CT molecular complexity index is 843. The summed E-state index contributed by atoms with van der Waals surface area (Å²) in [4.78, 5) is 17.6. The summed E-state index contributed by atoms with van der Waals surface area (Å²) < 4.78 is 5.49. The summed E-state index contributed by atoms with van der Waals surface area (Å²) in [5.74, 6) is 0.698. The van der Waals surface area contributed by atoms with Gasteiger partial charge in [0, 0.05) is 42.8 Å². The molecule has 25 heavy (non-hydrogen) atoms. The second-order valence-corrected chi connectivity index (χ2v) is 5.88. The molecule has 0 aliphatic heterocycles. The topological polar surface area (TPSA) is 57.4 Å². The summed E-state index contributed by atoms with van der Waals surface area (Å²) >= 11 is 0. The predicted molar refractivity (Wildman–Crippen MR) is 102 cm³/mol. The summed E-state index contributed by atoms with van der Waals surface area (Å²) in [6, 6.07) is 17.8. The fourth-order valence-corrected chi connectivity index (χ4v) is 2.73. The summed E-state index contributed by atoms with van der Waals surface area (Å²) in [6.45, 7) is 3.88. The lowest BCUT2D eigenvalue weighted by Crippen LogP contribution is -2.33. The monoisotopic (exact) mass is 337 g/mol. The zero-order valence-corrected chi connectivity index (χ0v) is 14.6. The minimum Gasteiger partial charge on any atom is -0.494 e. The third kappa shape index (κ3) is 4.12. The number of nitrogens with one attached hydrogen (secondary N) is 2. The Labute approximate surface area is 147 Å². The van der Waals surface area contributed by atoms with E-state index in [9.17, 15) is 4.79 Å². The molecule has 1 amide bonds. The lowest BCUT2D eigenvalue weighted by atomic mass is 10.2. The van der Waals surface area contributed by atoms with E-state index in [1.807, 2.05) is 56.4 Å². The Morgan fingerprint density at radius 1 is 1.16 bits per heavy atom. The average Bonchev–Trinajstić information content (AvgIpc) is 3.06. The molecule has 0 fully saturated rings. The summed E-state index contributed by atoms with van der Waals surface area (Å²) in [6.07, 6.45) is 0. The van der Waals surface area contributed by atoms with Gasteiger partial charge in [-0.3, -0.25) is 4.79 Å². The Balaban J connectivity index is 1.58. The molecule has 130 valence electrons. The molecule has 2 N–H and O–H groups in total. The van der Waals surface area contributed by atoms with Crippen LogP contribution < -0.4 is 15.0 Å². The van der Waals surface area contributed by atoms with E-state index < -0.39 is 0 Å². The molecule has 0 saturated heterocycles. The van der Waals surface area contributed by atoms with E-state index >= 15 is 0 Å². The van der Waals surface area contributed by atoms with Crippen LogP contribution in [0.1, 0.15) is 17.4 Å². The number of likely N-dealkylation sites (N-methyl/N-ethyl adjacent to an activating group) is 1. The van der Waals surface area contributed by atoms with Gasteiger partial charge in [-0.25, -0.2) is 0 Å². The van der Waals surface area contributed by atoms with Gasteiger partial charge < -0.3 is 19.9 Å². The lowest BCUT2D eigenvalue weighted by molar-refractivity contribution is 0.0950. The maximum absolute atomic E-state index is 12.4. The van der Waals surface area contributed by atoms with Gasteiger partial charge in [-0.2, -0.15) is 0 Å². The van der Waals surface area contributed by atoms with Gasteiger partial charge in [-0.15, -0.1) is 0 Å². The van der Waals surface area contributed by atoms with Crippen LogP contribution in [0.5, 0.6) is 5.75 Å². The van der Waals surface area contributed by atoms with Crippen molar-refractivity contribution in [3.8, 4) is 5.75 Å². The van der Waals surface area contributed by atoms with Gasteiger partial charge in [-0.05, 0) is 37.3 Å². The second kappa shape index (κ2) is 7.75. The highest BCUT2D eigenvalue weighted by Crippen LogP contribution is 2.21. The van der Waals surface area contributed by atoms with Crippen molar-refractivity contribution in [2.24, 2.45) is 0 Å². The number of rotatable bonds is 7. The van der Waals surface area contributed by atoms with Gasteiger partial charge in [-0.1, -0.05) is 18.2 Å². The minimum absolute atomic E-state index is 0.101. The molecule has 5 heteroatoms. The molecular formula is C20H23N3O2. The van der Waals surface area contributed by atoms with Gasteiger partial charge in [0.2, 0.25) is 0 Å². The van der Waals surface area contributed by atoms with Crippen molar-refractivity contribution in [1.82, 2.24) is 10.3 Å². The van der Waals surface area contributed by atoms with Crippen molar-refractivity contribution in [1.29, 1.82) is 0 Å². The van der Waals surface area contributed by atoms with Gasteiger partial charge in [0.25, 0.3) is 5.91 Å². The van der Waals surface area contributed by atoms with E-state index in [1.54, 1.807) is 0 Å². The van der Waals surface area contributed by atoms with Crippen molar-refractivity contribution in [3.05, 3.63) is 60.3 Å². The second-order valence-electron chi connectivity index (χ2n) is 5.88. The first kappa shape index (κ1) is 16.9. The van der Waals surface area contributed by atoms with Crippen LogP contribution in [0, 0.1) is 0 Å². The van der Waals surface area contributed by atoms with Crippen LogP contribution in [-0.2, 0) is 0 Å². The zero-order valence-electron chi connectivity index (χ0n) is 14.6. The molecule has 0 bridgehead atoms. The highest BCUT2D eigenvalue weighted by Gasteiger charge is 2.10. The van der Waals surface area contributed by atoms with Crippen LogP contribution in [0.2, 0.25) is 0 Å². The first-order chi connectivity index (χ1) is 12.2. The predicted octanol–water partition coefficient (Wildman–Crippen LogP) is 3.43. The van der Waals surface area contributed by atoms with Crippen molar-refractivity contribution in [2.75, 3.05) is 31.6 Å². The number of para-hydroxylation sites is 1. The summed E-state index contributed by atoms with van der Waals surface area (Å²) in [7, 11) is 2.01. The van der Waals surface area contributed by atoms with Crippen molar-refractivity contribution in [2.45, 2.75) is 6.92 Å². The fraction of sp³-hybridized carbons (Fsp3) is 0.250. The molecule has 0 saturated carbocycles. The highest BCUT2D eigenvalue weighted by molar-refractivity contribution is 5.98. The number of aromatic amines is 1. The Kier molecular flexibility index (Phi) is 5.23. The Morgan fingerprint density at radius 2 is 1.96 bits per heavy atom. The van der Waals surface area contributed by atoms with E-state index in [1.165, 1.54) is 0 Å². The van der Waals surface area contributed by atoms with E-state index in [0.29, 0.717) is 18.8 Å². The van der Waals surface area contributed by atoms with E-state index in [0.717, 1.165) is 28.9 Å². The molecule has 0 unspecified atom stereocenters. The molecule has 3 rings (SSSR count). The maximum Gasteiger partial charge on any atom is 0.267 e. The van der Waals surface area contributed by atoms with Crippen LogP contribution in [0.3, 0.4) is 0 Å². The van der Waals surface area contributed by atoms with Gasteiger partial charge in [0.1, 0.15) is 11.4 Å². The quantitative estimate of drug-likeness (QED) is 0.694. The number of hydrogen-bond donors (Lipinski definition) is 2. The SMILES string of the molecule is CCOc1ccc2cc(C(=O)NCCN(C)c3ccccc3)[nH]c2c1. The number of aromatic nitrogens is 1. The molecule has 1 heterocycles. The number of H-pyrrole nitrogens is 1. The number of fused-ring (bicyclic) bond motifs is 1. The number of carbonyl (C=O) groups excluding carboxylic acids is 1. The van der Waals surface area contributed by atoms with E-state index in [4.69, 9.17) is 4.74 Å². The molecular weight excluding hydrogens is 314 g/mol. The lowest BCUT2D eigenvalue weighted by Gasteiger charge is -2.19. The number of anilines is 1. The molecule has 2 aromatic carbocycles. The third-order valence-corrected chi connectivity index (χ3v) is 4.08. The summed E-state index contributed by atoms with van der Waals surface area (Å²) in [5.41, 5.74) is 2.59. The average molecular weight is 337 g/mol. The van der Waals surface area contributed by atoms with Crippen molar-refractivity contribution < 1.29 is 9.53 Å².